The molecule has 2 heterocycles. The van der Waals surface area contributed by atoms with E-state index in [9.17, 15) is 19.2 Å². The van der Waals surface area contributed by atoms with Crippen molar-refractivity contribution in [3.63, 3.8) is 0 Å². The van der Waals surface area contributed by atoms with Gasteiger partial charge in [-0.3, -0.25) is 19.2 Å². The SMILES string of the molecule is CN1CCc2ccc(CC(=O)[C@@H](CCNC(=O)CCCC(=O)O)NC(=O)c3ccc(Cl)s3)cc2CC1. The second-order valence-corrected chi connectivity index (χ2v) is 10.8. The number of benzene rings is 1. The number of carboxylic acids is 1. The van der Waals surface area contributed by atoms with Gasteiger partial charge in [0.25, 0.3) is 5.91 Å². The second kappa shape index (κ2) is 13.5. The highest BCUT2D eigenvalue weighted by Gasteiger charge is 2.23. The number of hydrogen-bond acceptors (Lipinski definition) is 6. The summed E-state index contributed by atoms with van der Waals surface area (Å²) in [6.07, 6.45) is 2.57. The lowest BCUT2D eigenvalue weighted by Crippen LogP contribution is -2.43. The van der Waals surface area contributed by atoms with Crippen LogP contribution in [-0.4, -0.2) is 66.3 Å². The highest BCUT2D eigenvalue weighted by molar-refractivity contribution is 7.18. The fourth-order valence-corrected chi connectivity index (χ4v) is 5.09. The van der Waals surface area contributed by atoms with Crippen molar-refractivity contribution in [2.75, 3.05) is 26.7 Å². The Hall–Kier alpha value is -2.75. The molecule has 0 bridgehead atoms. The van der Waals surface area contributed by atoms with Crippen LogP contribution in [0.1, 0.15) is 52.0 Å². The van der Waals surface area contributed by atoms with Crippen molar-refractivity contribution < 1.29 is 24.3 Å². The zero-order valence-electron chi connectivity index (χ0n) is 20.3. The maximum Gasteiger partial charge on any atom is 0.303 e. The van der Waals surface area contributed by atoms with E-state index in [4.69, 9.17) is 16.7 Å². The molecule has 2 aromatic rings. The third-order valence-electron chi connectivity index (χ3n) is 6.22. The van der Waals surface area contributed by atoms with Crippen LogP contribution in [0.4, 0.5) is 0 Å². The third-order valence-corrected chi connectivity index (χ3v) is 7.45. The van der Waals surface area contributed by atoms with Crippen LogP contribution in [0, 0.1) is 0 Å². The van der Waals surface area contributed by atoms with Crippen LogP contribution < -0.4 is 10.6 Å². The van der Waals surface area contributed by atoms with E-state index in [1.165, 1.54) is 11.1 Å². The minimum atomic E-state index is -0.949. The van der Waals surface area contributed by atoms with Crippen LogP contribution in [0.5, 0.6) is 0 Å². The molecule has 1 aromatic carbocycles. The molecule has 2 amide bonds. The van der Waals surface area contributed by atoms with Gasteiger partial charge in [0.15, 0.2) is 5.78 Å². The number of aliphatic carboxylic acids is 1. The number of nitrogens with zero attached hydrogens (tertiary/aromatic N) is 1. The topological polar surface area (TPSA) is 116 Å². The smallest absolute Gasteiger partial charge is 0.303 e. The van der Waals surface area contributed by atoms with E-state index in [1.54, 1.807) is 12.1 Å². The highest BCUT2D eigenvalue weighted by Crippen LogP contribution is 2.22. The first-order chi connectivity index (χ1) is 17.2. The minimum Gasteiger partial charge on any atom is -0.481 e. The Morgan fingerprint density at radius 1 is 1.08 bits per heavy atom. The van der Waals surface area contributed by atoms with Crippen LogP contribution in [0.3, 0.4) is 0 Å². The van der Waals surface area contributed by atoms with Gasteiger partial charge >= 0.3 is 5.97 Å². The molecule has 0 fully saturated rings. The Morgan fingerprint density at radius 2 is 1.83 bits per heavy atom. The monoisotopic (exact) mass is 533 g/mol. The quantitative estimate of drug-likeness (QED) is 0.386. The van der Waals surface area contributed by atoms with Gasteiger partial charge in [0, 0.05) is 38.9 Å². The fraction of sp³-hybridized carbons (Fsp3) is 0.462. The van der Waals surface area contributed by atoms with E-state index in [-0.39, 0.29) is 56.2 Å². The van der Waals surface area contributed by atoms with Crippen molar-refractivity contribution in [2.24, 2.45) is 0 Å². The molecule has 3 N–H and O–H groups in total. The number of likely N-dealkylation sites (N-methyl/N-ethyl adjacent to an activating group) is 1. The summed E-state index contributed by atoms with van der Waals surface area (Å²) in [6.45, 7) is 2.16. The number of nitrogens with one attached hydrogen (secondary N) is 2. The van der Waals surface area contributed by atoms with Crippen molar-refractivity contribution in [3.8, 4) is 0 Å². The maximum atomic E-state index is 13.3. The summed E-state index contributed by atoms with van der Waals surface area (Å²) in [5, 5.41) is 14.2. The lowest BCUT2D eigenvalue weighted by Gasteiger charge is -2.18. The number of carbonyl (C=O) groups is 4. The molecule has 8 nitrogen and oxygen atoms in total. The van der Waals surface area contributed by atoms with Crippen molar-refractivity contribution in [1.29, 1.82) is 0 Å². The van der Waals surface area contributed by atoms with Crippen LogP contribution >= 0.6 is 22.9 Å². The van der Waals surface area contributed by atoms with Crippen LogP contribution in [0.2, 0.25) is 4.34 Å². The molecule has 0 saturated heterocycles. The molecule has 1 atom stereocenters. The second-order valence-electron chi connectivity index (χ2n) is 9.07. The van der Waals surface area contributed by atoms with Gasteiger partial charge in [0.05, 0.1) is 15.3 Å². The summed E-state index contributed by atoms with van der Waals surface area (Å²) in [5.74, 6) is -1.76. The van der Waals surface area contributed by atoms with Crippen molar-refractivity contribution in [1.82, 2.24) is 15.5 Å². The molecule has 0 unspecified atom stereocenters. The molecule has 0 spiro atoms. The summed E-state index contributed by atoms with van der Waals surface area (Å²) >= 11 is 7.09. The average molecular weight is 534 g/mol. The number of carbonyl (C=O) groups excluding carboxylic acids is 3. The number of halogens is 1. The van der Waals surface area contributed by atoms with Crippen LogP contribution in [0.15, 0.2) is 30.3 Å². The number of amides is 2. The predicted octanol–water partition coefficient (Wildman–Crippen LogP) is 3.10. The van der Waals surface area contributed by atoms with Crippen molar-refractivity contribution >= 4 is 46.5 Å². The molecule has 0 saturated carbocycles. The molecule has 3 rings (SSSR count). The van der Waals surface area contributed by atoms with E-state index < -0.39 is 12.0 Å². The van der Waals surface area contributed by atoms with E-state index in [0.29, 0.717) is 9.21 Å². The molecular weight excluding hydrogens is 502 g/mol. The zero-order valence-corrected chi connectivity index (χ0v) is 21.9. The highest BCUT2D eigenvalue weighted by atomic mass is 35.5. The molecule has 1 aromatic heterocycles. The van der Waals surface area contributed by atoms with Crippen molar-refractivity contribution in [3.05, 3.63) is 56.2 Å². The molecule has 0 aliphatic carbocycles. The molecular formula is C26H32ClN3O5S. The van der Waals surface area contributed by atoms with E-state index in [2.05, 4.69) is 34.7 Å². The third kappa shape index (κ3) is 8.72. The largest absolute Gasteiger partial charge is 0.481 e. The number of hydrogen-bond donors (Lipinski definition) is 3. The number of fused-ring (bicyclic) bond motifs is 1. The van der Waals surface area contributed by atoms with Gasteiger partial charge < -0.3 is 20.6 Å². The number of ketones is 1. The molecule has 194 valence electrons. The normalized spacial score (nSPS) is 14.4. The number of rotatable bonds is 12. The van der Waals surface area contributed by atoms with Gasteiger partial charge in [0.1, 0.15) is 0 Å². The molecule has 36 heavy (non-hydrogen) atoms. The number of thiophene rings is 1. The maximum absolute atomic E-state index is 13.3. The lowest BCUT2D eigenvalue weighted by molar-refractivity contribution is -0.137. The lowest BCUT2D eigenvalue weighted by atomic mass is 9.95. The Kier molecular flexibility index (Phi) is 10.5. The summed E-state index contributed by atoms with van der Waals surface area (Å²) in [6, 6.07) is 8.61. The average Bonchev–Trinajstić information content (AvgIpc) is 3.18. The zero-order chi connectivity index (χ0) is 26.1. The Morgan fingerprint density at radius 3 is 2.53 bits per heavy atom. The Balaban J connectivity index is 1.63. The van der Waals surface area contributed by atoms with Crippen molar-refractivity contribution in [2.45, 2.75) is 51.0 Å². The summed E-state index contributed by atoms with van der Waals surface area (Å²) in [4.78, 5) is 51.3. The first-order valence-corrected chi connectivity index (χ1v) is 13.3. The standard InChI is InChI=1S/C26H32ClN3O5S/c1-30-13-10-18-6-5-17(15-19(18)11-14-30)16-21(31)20(29-26(35)22-7-8-23(27)36-22)9-12-28-24(32)3-2-4-25(33)34/h5-8,15,20H,2-4,9-14,16H2,1H3,(H,28,32)(H,29,35)(H,33,34)/t20-/m1/s1. The van der Waals surface area contributed by atoms with E-state index in [1.807, 2.05) is 6.07 Å². The summed E-state index contributed by atoms with van der Waals surface area (Å²) < 4.78 is 0.479. The number of carboxylic acid groups (broad SMARTS) is 1. The first kappa shape index (κ1) is 27.8. The fourth-order valence-electron chi connectivity index (χ4n) is 4.15. The van der Waals surface area contributed by atoms with Gasteiger partial charge in [-0.15, -0.1) is 11.3 Å². The van der Waals surface area contributed by atoms with E-state index >= 15 is 0 Å². The number of Topliss-reactive ketones (excluding diaryl/α,β-unsaturated/α-hetero) is 1. The van der Waals surface area contributed by atoms with Gasteiger partial charge in [-0.25, -0.2) is 0 Å². The van der Waals surface area contributed by atoms with Gasteiger partial charge in [-0.1, -0.05) is 29.8 Å². The molecule has 10 heteroatoms. The van der Waals surface area contributed by atoms with Gasteiger partial charge in [-0.2, -0.15) is 0 Å². The molecule has 1 aliphatic rings. The first-order valence-electron chi connectivity index (χ1n) is 12.1. The minimum absolute atomic E-state index is 0.0783. The molecule has 1 aliphatic heterocycles. The Labute approximate surface area is 220 Å². The van der Waals surface area contributed by atoms with Crippen LogP contribution in [-0.2, 0) is 33.6 Å². The summed E-state index contributed by atoms with van der Waals surface area (Å²) in [5.41, 5.74) is 3.46. The Bertz CT molecular complexity index is 1100. The van der Waals surface area contributed by atoms with E-state index in [0.717, 1.165) is 42.8 Å². The molecule has 0 radical (unpaired) electrons. The predicted molar refractivity (Wildman–Crippen MR) is 140 cm³/mol. The summed E-state index contributed by atoms with van der Waals surface area (Å²) in [7, 11) is 2.11. The van der Waals surface area contributed by atoms with Gasteiger partial charge in [0.2, 0.25) is 5.91 Å². The van der Waals surface area contributed by atoms with Gasteiger partial charge in [-0.05, 0) is 61.6 Å². The van der Waals surface area contributed by atoms with Crippen LogP contribution in [0.25, 0.3) is 0 Å².